The molecule has 7 heteroatoms. The van der Waals surface area contributed by atoms with E-state index in [1.165, 1.54) is 22.6 Å². The van der Waals surface area contributed by atoms with Crippen molar-refractivity contribution in [1.29, 1.82) is 0 Å². The van der Waals surface area contributed by atoms with Crippen LogP contribution in [0.3, 0.4) is 0 Å². The fraction of sp³-hybridized carbons (Fsp3) is 0.533. The van der Waals surface area contributed by atoms with Gasteiger partial charge < -0.3 is 15.2 Å². The van der Waals surface area contributed by atoms with Gasteiger partial charge in [-0.1, -0.05) is 0 Å². The standard InChI is InChI=1S/C15H22N6S/c1-10-4-7-13(22-10)8-16-15(18-12-5-6-12)17-9-14-20-19-11(2)21(14)3/h4,7,12H,5-6,8-9H2,1-3H3,(H2,16,17,18). The van der Waals surface area contributed by atoms with Crippen LogP contribution in [0, 0.1) is 13.8 Å². The third kappa shape index (κ3) is 3.85. The Morgan fingerprint density at radius 3 is 2.77 bits per heavy atom. The fourth-order valence-electron chi connectivity index (χ4n) is 2.06. The topological polar surface area (TPSA) is 67.1 Å². The van der Waals surface area contributed by atoms with E-state index in [1.807, 2.05) is 29.9 Å². The van der Waals surface area contributed by atoms with Crippen molar-refractivity contribution in [3.8, 4) is 0 Å². The average Bonchev–Trinajstić information content (AvgIpc) is 3.14. The molecule has 0 unspecified atom stereocenters. The van der Waals surface area contributed by atoms with Crippen LogP contribution >= 0.6 is 11.3 Å². The van der Waals surface area contributed by atoms with Gasteiger partial charge in [0.25, 0.3) is 0 Å². The average molecular weight is 318 g/mol. The number of nitrogens with zero attached hydrogens (tertiary/aromatic N) is 4. The first-order valence-corrected chi connectivity index (χ1v) is 8.38. The minimum absolute atomic E-state index is 0.531. The maximum atomic E-state index is 4.65. The SMILES string of the molecule is Cc1ccc(CNC(=NCc2nnc(C)n2C)NC2CC2)s1. The second-order valence-corrected chi connectivity index (χ2v) is 7.04. The molecule has 3 rings (SSSR count). The van der Waals surface area contributed by atoms with Crippen molar-refractivity contribution in [2.75, 3.05) is 0 Å². The Hall–Kier alpha value is -1.89. The van der Waals surface area contributed by atoms with Crippen molar-refractivity contribution < 1.29 is 0 Å². The van der Waals surface area contributed by atoms with E-state index in [-0.39, 0.29) is 0 Å². The van der Waals surface area contributed by atoms with Gasteiger partial charge in [0.1, 0.15) is 12.4 Å². The Bertz CT molecular complexity index is 667. The molecule has 2 aromatic heterocycles. The third-order valence-electron chi connectivity index (χ3n) is 3.71. The summed E-state index contributed by atoms with van der Waals surface area (Å²) in [5.74, 6) is 2.64. The lowest BCUT2D eigenvalue weighted by Gasteiger charge is -2.11. The Morgan fingerprint density at radius 2 is 2.18 bits per heavy atom. The van der Waals surface area contributed by atoms with Crippen LogP contribution < -0.4 is 10.6 Å². The summed E-state index contributed by atoms with van der Waals surface area (Å²) in [6, 6.07) is 4.88. The Balaban J connectivity index is 1.63. The van der Waals surface area contributed by atoms with Crippen molar-refractivity contribution in [2.45, 2.75) is 45.8 Å². The molecule has 0 saturated heterocycles. The van der Waals surface area contributed by atoms with Gasteiger partial charge in [-0.25, -0.2) is 4.99 Å². The summed E-state index contributed by atoms with van der Waals surface area (Å²) in [4.78, 5) is 7.30. The lowest BCUT2D eigenvalue weighted by Crippen LogP contribution is -2.38. The quantitative estimate of drug-likeness (QED) is 0.652. The molecule has 0 radical (unpaired) electrons. The van der Waals surface area contributed by atoms with Crippen molar-refractivity contribution in [3.63, 3.8) is 0 Å². The van der Waals surface area contributed by atoms with Gasteiger partial charge in [-0.3, -0.25) is 0 Å². The number of aliphatic imine (C=N–C) groups is 1. The van der Waals surface area contributed by atoms with Crippen LogP contribution in [0.4, 0.5) is 0 Å². The summed E-state index contributed by atoms with van der Waals surface area (Å²) >= 11 is 1.81. The van der Waals surface area contributed by atoms with Crippen LogP contribution in [-0.2, 0) is 20.1 Å². The zero-order valence-electron chi connectivity index (χ0n) is 13.3. The van der Waals surface area contributed by atoms with Crippen LogP contribution in [0.5, 0.6) is 0 Å². The van der Waals surface area contributed by atoms with Gasteiger partial charge in [-0.05, 0) is 38.8 Å². The van der Waals surface area contributed by atoms with Crippen molar-refractivity contribution in [1.82, 2.24) is 25.4 Å². The van der Waals surface area contributed by atoms with Crippen LogP contribution in [0.25, 0.3) is 0 Å². The van der Waals surface area contributed by atoms with Gasteiger partial charge in [0.05, 0.1) is 6.54 Å². The Kier molecular flexibility index (Phi) is 4.42. The molecule has 0 bridgehead atoms. The van der Waals surface area contributed by atoms with Crippen molar-refractivity contribution in [2.24, 2.45) is 12.0 Å². The van der Waals surface area contributed by atoms with E-state index in [4.69, 9.17) is 0 Å². The molecule has 1 fully saturated rings. The molecular formula is C15H22N6S. The van der Waals surface area contributed by atoms with Gasteiger partial charge in [-0.2, -0.15) is 0 Å². The summed E-state index contributed by atoms with van der Waals surface area (Å²) in [5.41, 5.74) is 0. The van der Waals surface area contributed by atoms with Gasteiger partial charge in [-0.15, -0.1) is 21.5 Å². The Labute approximate surface area is 134 Å². The zero-order valence-corrected chi connectivity index (χ0v) is 14.1. The van der Waals surface area contributed by atoms with Gasteiger partial charge in [0.15, 0.2) is 11.8 Å². The molecular weight excluding hydrogens is 296 g/mol. The number of aryl methyl sites for hydroxylation is 2. The highest BCUT2D eigenvalue weighted by molar-refractivity contribution is 7.11. The predicted molar refractivity (Wildman–Crippen MR) is 88.9 cm³/mol. The molecule has 0 amide bonds. The smallest absolute Gasteiger partial charge is 0.192 e. The van der Waals surface area contributed by atoms with E-state index in [2.05, 4.69) is 44.9 Å². The summed E-state index contributed by atoms with van der Waals surface area (Å²) in [6.07, 6.45) is 2.45. The third-order valence-corrected chi connectivity index (χ3v) is 4.71. The number of thiophene rings is 1. The van der Waals surface area contributed by atoms with Crippen LogP contribution in [0.2, 0.25) is 0 Å². The van der Waals surface area contributed by atoms with E-state index in [0.717, 1.165) is 24.2 Å². The maximum Gasteiger partial charge on any atom is 0.192 e. The number of aromatic nitrogens is 3. The van der Waals surface area contributed by atoms with Gasteiger partial charge in [0, 0.05) is 22.8 Å². The molecule has 0 atom stereocenters. The van der Waals surface area contributed by atoms with E-state index in [9.17, 15) is 0 Å². The predicted octanol–water partition coefficient (Wildman–Crippen LogP) is 1.89. The summed E-state index contributed by atoms with van der Waals surface area (Å²) in [5, 5.41) is 15.1. The first kappa shape index (κ1) is 15.0. The number of nitrogens with one attached hydrogen (secondary N) is 2. The molecule has 1 aliphatic carbocycles. The summed E-state index contributed by atoms with van der Waals surface area (Å²) < 4.78 is 1.97. The first-order valence-electron chi connectivity index (χ1n) is 7.57. The molecule has 2 N–H and O–H groups in total. The lowest BCUT2D eigenvalue weighted by molar-refractivity contribution is 0.751. The summed E-state index contributed by atoms with van der Waals surface area (Å²) in [6.45, 7) is 5.40. The van der Waals surface area contributed by atoms with E-state index < -0.39 is 0 Å². The molecule has 2 aromatic rings. The van der Waals surface area contributed by atoms with Gasteiger partial charge in [0.2, 0.25) is 0 Å². The van der Waals surface area contributed by atoms with E-state index >= 15 is 0 Å². The molecule has 1 saturated carbocycles. The number of rotatable bonds is 5. The molecule has 2 heterocycles. The Morgan fingerprint density at radius 1 is 1.36 bits per heavy atom. The first-order chi connectivity index (χ1) is 10.6. The van der Waals surface area contributed by atoms with E-state index in [1.54, 1.807) is 0 Å². The molecule has 6 nitrogen and oxygen atoms in total. The number of guanidine groups is 1. The minimum Gasteiger partial charge on any atom is -0.354 e. The minimum atomic E-state index is 0.531. The van der Waals surface area contributed by atoms with Crippen molar-refractivity contribution >= 4 is 17.3 Å². The van der Waals surface area contributed by atoms with Crippen LogP contribution in [0.1, 0.15) is 34.2 Å². The van der Waals surface area contributed by atoms with Crippen molar-refractivity contribution in [3.05, 3.63) is 33.5 Å². The maximum absolute atomic E-state index is 4.65. The van der Waals surface area contributed by atoms with Crippen LogP contribution in [0.15, 0.2) is 17.1 Å². The summed E-state index contributed by atoms with van der Waals surface area (Å²) in [7, 11) is 1.97. The number of hydrogen-bond acceptors (Lipinski definition) is 4. The second-order valence-electron chi connectivity index (χ2n) is 5.67. The fourth-order valence-corrected chi connectivity index (χ4v) is 2.89. The molecule has 1 aliphatic rings. The molecule has 118 valence electrons. The molecule has 0 aliphatic heterocycles. The highest BCUT2D eigenvalue weighted by atomic mass is 32.1. The van der Waals surface area contributed by atoms with Crippen LogP contribution in [-0.4, -0.2) is 26.8 Å². The van der Waals surface area contributed by atoms with Gasteiger partial charge >= 0.3 is 0 Å². The molecule has 22 heavy (non-hydrogen) atoms. The van der Waals surface area contributed by atoms with E-state index in [0.29, 0.717) is 12.6 Å². The second kappa shape index (κ2) is 6.48. The molecule has 0 aromatic carbocycles. The highest BCUT2D eigenvalue weighted by Crippen LogP contribution is 2.19. The number of hydrogen-bond donors (Lipinski definition) is 2. The monoisotopic (exact) mass is 318 g/mol. The highest BCUT2D eigenvalue weighted by Gasteiger charge is 2.22. The zero-order chi connectivity index (χ0) is 15.5. The normalized spacial score (nSPS) is 15.1. The molecule has 0 spiro atoms. The largest absolute Gasteiger partial charge is 0.354 e. The lowest BCUT2D eigenvalue weighted by atomic mass is 10.4.